The molecule has 0 amide bonds. The lowest BCUT2D eigenvalue weighted by atomic mass is 9.96. The number of rotatable bonds is 5. The van der Waals surface area contributed by atoms with Crippen molar-refractivity contribution in [3.8, 4) is 17.2 Å². The lowest BCUT2D eigenvalue weighted by molar-refractivity contribution is -0.0328. The average molecular weight is 484 g/mol. The van der Waals surface area contributed by atoms with E-state index in [1.165, 1.54) is 29.0 Å². The highest BCUT2D eigenvalue weighted by Gasteiger charge is 2.32. The Kier molecular flexibility index (Phi) is 6.24. The van der Waals surface area contributed by atoms with Crippen molar-refractivity contribution in [3.05, 3.63) is 95.4 Å². The Morgan fingerprint density at radius 3 is 2.42 bits per heavy atom. The van der Waals surface area contributed by atoms with E-state index >= 15 is 0 Å². The van der Waals surface area contributed by atoms with E-state index in [9.17, 15) is 18.0 Å². The maximum absolute atomic E-state index is 13.0. The number of esters is 1. The molecule has 33 heavy (non-hydrogen) atoms. The fourth-order valence-corrected chi connectivity index (χ4v) is 5.86. The third kappa shape index (κ3) is 5.08. The molecule has 166 valence electrons. The molecule has 0 aliphatic carbocycles. The third-order valence-corrected chi connectivity index (χ3v) is 7.83. The Morgan fingerprint density at radius 1 is 1.00 bits per heavy atom. The number of ether oxygens (including phenoxy) is 1. The summed E-state index contributed by atoms with van der Waals surface area (Å²) in [5.41, 5.74) is -5.06. The Bertz CT molecular complexity index is 1350. The maximum Gasteiger partial charge on any atom is 0.446 e. The van der Waals surface area contributed by atoms with Gasteiger partial charge in [0.05, 0.1) is 5.56 Å². The summed E-state index contributed by atoms with van der Waals surface area (Å²) in [6.45, 7) is 1.54. The highest BCUT2D eigenvalue weighted by molar-refractivity contribution is 8.00. The van der Waals surface area contributed by atoms with Crippen LogP contribution in [-0.2, 0) is 10.3 Å². The number of hydrogen-bond acceptors (Lipinski definition) is 3. The van der Waals surface area contributed by atoms with Gasteiger partial charge in [0.25, 0.3) is 0 Å². The number of alkyl halides is 3. The number of benzene rings is 3. The van der Waals surface area contributed by atoms with Gasteiger partial charge in [-0.3, -0.25) is 0 Å². The minimum atomic E-state index is -4.38. The molecule has 3 aromatic carbocycles. The fraction of sp³-hybridized carbons (Fsp3) is 0.115. The van der Waals surface area contributed by atoms with E-state index < -0.39 is 17.1 Å². The second-order valence-electron chi connectivity index (χ2n) is 7.35. The van der Waals surface area contributed by atoms with E-state index in [1.54, 1.807) is 25.1 Å². The first kappa shape index (κ1) is 23.0. The summed E-state index contributed by atoms with van der Waals surface area (Å²) in [5, 5.41) is 3.27. The van der Waals surface area contributed by atoms with Crippen molar-refractivity contribution in [2.75, 3.05) is 0 Å². The molecule has 0 aliphatic heterocycles. The number of halogens is 3. The van der Waals surface area contributed by atoms with E-state index in [2.05, 4.69) is 23.4 Å². The van der Waals surface area contributed by atoms with E-state index in [1.807, 2.05) is 24.3 Å². The molecule has 0 radical (unpaired) electrons. The topological polar surface area (TPSA) is 26.3 Å². The van der Waals surface area contributed by atoms with Crippen molar-refractivity contribution in [2.24, 2.45) is 0 Å². The minimum Gasteiger partial charge on any atom is -0.438 e. The van der Waals surface area contributed by atoms with Gasteiger partial charge in [-0.1, -0.05) is 36.3 Å². The summed E-state index contributed by atoms with van der Waals surface area (Å²) < 4.78 is 44.6. The van der Waals surface area contributed by atoms with E-state index in [0.717, 1.165) is 10.3 Å². The second-order valence-corrected chi connectivity index (χ2v) is 10.3. The van der Waals surface area contributed by atoms with Crippen molar-refractivity contribution < 1.29 is 22.7 Å². The van der Waals surface area contributed by atoms with Crippen molar-refractivity contribution in [2.45, 2.75) is 22.9 Å². The molecule has 2 atom stereocenters. The van der Waals surface area contributed by atoms with Gasteiger partial charge < -0.3 is 4.74 Å². The Hall–Kier alpha value is -3.21. The zero-order valence-corrected chi connectivity index (χ0v) is 19.1. The van der Waals surface area contributed by atoms with Crippen molar-refractivity contribution in [1.29, 1.82) is 0 Å². The fourth-order valence-electron chi connectivity index (χ4n) is 3.39. The van der Waals surface area contributed by atoms with Crippen molar-refractivity contribution >= 4 is 38.3 Å². The van der Waals surface area contributed by atoms with Crippen molar-refractivity contribution in [3.63, 3.8) is 0 Å². The SMILES string of the molecule is C#CC(C)(OC(=O)c1cccc(-[s+]2ccc3ccccc32)c1)c1ccc(SC(F)(F)F)cc1. The molecular weight excluding hydrogens is 465 g/mol. The van der Waals surface area contributed by atoms with Crippen LogP contribution >= 0.6 is 22.2 Å². The number of carbonyl (C=O) groups excluding carboxylic acids is 1. The molecule has 0 saturated heterocycles. The van der Waals surface area contributed by atoms with Crippen LogP contribution in [0.1, 0.15) is 22.8 Å². The van der Waals surface area contributed by atoms with Crippen LogP contribution in [0.2, 0.25) is 0 Å². The van der Waals surface area contributed by atoms with Gasteiger partial charge in [-0.05, 0) is 55.1 Å². The number of fused-ring (bicyclic) bond motifs is 1. The smallest absolute Gasteiger partial charge is 0.438 e. The zero-order chi connectivity index (χ0) is 23.6. The van der Waals surface area contributed by atoms with E-state index in [0.29, 0.717) is 11.1 Å². The predicted molar refractivity (Wildman–Crippen MR) is 128 cm³/mol. The molecule has 1 heterocycles. The predicted octanol–water partition coefficient (Wildman–Crippen LogP) is 7.90. The van der Waals surface area contributed by atoms with Crippen LogP contribution in [0, 0.1) is 12.3 Å². The first-order valence-electron chi connectivity index (χ1n) is 9.86. The molecule has 4 rings (SSSR count). The molecule has 4 aromatic rings. The number of hydrogen-bond donors (Lipinski definition) is 0. The summed E-state index contributed by atoms with van der Waals surface area (Å²) in [7, 11) is -0.287. The molecule has 0 spiro atoms. The summed E-state index contributed by atoms with van der Waals surface area (Å²) >= 11 is -0.217. The largest absolute Gasteiger partial charge is 0.446 e. The first-order chi connectivity index (χ1) is 15.7. The Labute approximate surface area is 196 Å². The molecule has 0 N–H and O–H groups in total. The molecule has 0 aliphatic rings. The molecule has 0 bridgehead atoms. The van der Waals surface area contributed by atoms with Crippen LogP contribution in [0.5, 0.6) is 0 Å². The lowest BCUT2D eigenvalue weighted by Crippen LogP contribution is -2.27. The van der Waals surface area contributed by atoms with Gasteiger partial charge in [0.2, 0.25) is 0 Å². The first-order valence-corrected chi connectivity index (χ1v) is 12.0. The standard InChI is InChI=1S/C26H18F3O2S2/c1-3-25(2,20-11-13-21(14-12-20)32-26(27,28)29)31-24(30)19-8-6-9-22(17-19)33-16-15-18-7-4-5-10-23(18)33/h1,4-17H,2H3/q+1. The number of thiophene rings is 1. The van der Waals surface area contributed by atoms with Gasteiger partial charge >= 0.3 is 11.5 Å². The van der Waals surface area contributed by atoms with Gasteiger partial charge in [-0.15, -0.1) is 6.42 Å². The van der Waals surface area contributed by atoms with Crippen LogP contribution < -0.4 is 0 Å². The Morgan fingerprint density at radius 2 is 1.73 bits per heavy atom. The number of carbonyl (C=O) groups is 1. The average Bonchev–Trinajstić information content (AvgIpc) is 3.23. The van der Waals surface area contributed by atoms with Gasteiger partial charge in [-0.25, -0.2) is 4.79 Å². The minimum absolute atomic E-state index is 0.0236. The second kappa shape index (κ2) is 8.97. The molecule has 2 nitrogen and oxygen atoms in total. The van der Waals surface area contributed by atoms with Crippen LogP contribution in [0.4, 0.5) is 13.2 Å². The van der Waals surface area contributed by atoms with Gasteiger partial charge in [-0.2, -0.15) is 13.2 Å². The van der Waals surface area contributed by atoms with E-state index in [-0.39, 0.29) is 27.1 Å². The molecule has 7 heteroatoms. The summed E-state index contributed by atoms with van der Waals surface area (Å²) in [5.74, 6) is 1.86. The molecule has 0 fully saturated rings. The van der Waals surface area contributed by atoms with Gasteiger partial charge in [0, 0.05) is 38.4 Å². The summed E-state index contributed by atoms with van der Waals surface area (Å²) in [4.78, 5) is 14.0. The number of thioether (sulfide) groups is 1. The summed E-state index contributed by atoms with van der Waals surface area (Å²) in [6.07, 6.45) is 5.67. The maximum atomic E-state index is 13.0. The molecular formula is C26H18F3O2S2+. The zero-order valence-electron chi connectivity index (χ0n) is 17.4. The van der Waals surface area contributed by atoms with Crippen LogP contribution in [0.15, 0.2) is 89.1 Å². The number of terminal acetylenes is 1. The molecule has 1 aromatic heterocycles. The van der Waals surface area contributed by atoms with Crippen LogP contribution in [-0.4, -0.2) is 11.5 Å². The summed E-state index contributed by atoms with van der Waals surface area (Å²) in [6, 6.07) is 22.9. The highest BCUT2D eigenvalue weighted by Crippen LogP contribution is 2.40. The van der Waals surface area contributed by atoms with Crippen LogP contribution in [0.3, 0.4) is 0 Å². The quantitative estimate of drug-likeness (QED) is 0.125. The Balaban J connectivity index is 1.58. The molecule has 0 saturated carbocycles. The lowest BCUT2D eigenvalue weighted by Gasteiger charge is -2.24. The van der Waals surface area contributed by atoms with E-state index in [4.69, 9.17) is 11.2 Å². The third-order valence-electron chi connectivity index (χ3n) is 5.07. The van der Waals surface area contributed by atoms with Crippen LogP contribution in [0.25, 0.3) is 15.0 Å². The van der Waals surface area contributed by atoms with Crippen molar-refractivity contribution in [1.82, 2.24) is 0 Å². The monoisotopic (exact) mass is 483 g/mol. The van der Waals surface area contributed by atoms with Gasteiger partial charge in [0.1, 0.15) is 5.38 Å². The normalized spacial score (nSPS) is 13.8. The van der Waals surface area contributed by atoms with Gasteiger partial charge in [0.15, 0.2) is 15.2 Å². The highest BCUT2D eigenvalue weighted by atomic mass is 32.2. The molecule has 2 unspecified atom stereocenters.